The van der Waals surface area contributed by atoms with Crippen molar-refractivity contribution in [2.75, 3.05) is 13.7 Å². The van der Waals surface area contributed by atoms with Crippen molar-refractivity contribution < 1.29 is 4.74 Å². The van der Waals surface area contributed by atoms with Gasteiger partial charge in [-0.05, 0) is 39.7 Å². The molecule has 2 fully saturated rings. The smallest absolute Gasteiger partial charge is 0.0728 e. The molecule has 70 valence electrons. The first-order valence-electron chi connectivity index (χ1n) is 5.12. The molecule has 1 saturated carbocycles. The average molecular weight is 169 g/mol. The summed E-state index contributed by atoms with van der Waals surface area (Å²) in [6, 6.07) is 1.49. The zero-order valence-corrected chi connectivity index (χ0v) is 8.12. The minimum Gasteiger partial charge on any atom is -0.377 e. The molecule has 0 aromatic rings. The molecule has 2 rings (SSSR count). The van der Waals surface area contributed by atoms with Crippen LogP contribution in [0, 0.1) is 0 Å². The molecule has 0 bridgehead atoms. The second-order valence-electron chi connectivity index (χ2n) is 4.19. The maximum atomic E-state index is 5.67. The van der Waals surface area contributed by atoms with Crippen molar-refractivity contribution in [3.05, 3.63) is 0 Å². The van der Waals surface area contributed by atoms with Crippen LogP contribution in [0.15, 0.2) is 0 Å². The van der Waals surface area contributed by atoms with Gasteiger partial charge in [0.2, 0.25) is 0 Å². The Morgan fingerprint density at radius 2 is 2.08 bits per heavy atom. The minimum absolute atomic E-state index is 0.510. The number of rotatable bonds is 3. The average Bonchev–Trinajstić information content (AvgIpc) is 2.79. The SMILES string of the molecule is CC(C1CCCO1)N(C)C1CC1. The van der Waals surface area contributed by atoms with E-state index in [1.807, 2.05) is 0 Å². The van der Waals surface area contributed by atoms with E-state index in [2.05, 4.69) is 18.9 Å². The molecule has 2 nitrogen and oxygen atoms in total. The molecular formula is C10H19NO. The molecule has 0 spiro atoms. The lowest BCUT2D eigenvalue weighted by atomic mass is 10.1. The van der Waals surface area contributed by atoms with E-state index in [0.29, 0.717) is 12.1 Å². The standard InChI is InChI=1S/C10H19NO/c1-8(10-4-3-7-12-10)11(2)9-5-6-9/h8-10H,3-7H2,1-2H3. The Bertz CT molecular complexity index is 148. The fourth-order valence-electron chi connectivity index (χ4n) is 2.06. The number of hydrogen-bond donors (Lipinski definition) is 0. The Morgan fingerprint density at radius 3 is 2.58 bits per heavy atom. The van der Waals surface area contributed by atoms with Gasteiger partial charge < -0.3 is 4.74 Å². The summed E-state index contributed by atoms with van der Waals surface area (Å²) >= 11 is 0. The lowest BCUT2D eigenvalue weighted by molar-refractivity contribution is 0.0387. The van der Waals surface area contributed by atoms with Gasteiger partial charge in [0.1, 0.15) is 0 Å². The number of hydrogen-bond acceptors (Lipinski definition) is 2. The molecule has 0 aromatic carbocycles. The van der Waals surface area contributed by atoms with Gasteiger partial charge in [-0.1, -0.05) is 0 Å². The molecule has 2 unspecified atom stereocenters. The summed E-state index contributed by atoms with van der Waals surface area (Å²) in [7, 11) is 2.24. The highest BCUT2D eigenvalue weighted by Crippen LogP contribution is 2.30. The van der Waals surface area contributed by atoms with Crippen molar-refractivity contribution >= 4 is 0 Å². The van der Waals surface area contributed by atoms with Gasteiger partial charge in [-0.3, -0.25) is 4.90 Å². The molecule has 0 amide bonds. The van der Waals surface area contributed by atoms with Gasteiger partial charge in [0.15, 0.2) is 0 Å². The van der Waals surface area contributed by atoms with Crippen molar-refractivity contribution in [1.82, 2.24) is 4.90 Å². The lowest BCUT2D eigenvalue weighted by Gasteiger charge is -2.28. The first kappa shape index (κ1) is 8.52. The van der Waals surface area contributed by atoms with Crippen LogP contribution in [0.4, 0.5) is 0 Å². The van der Waals surface area contributed by atoms with Crippen LogP contribution in [0.3, 0.4) is 0 Å². The van der Waals surface area contributed by atoms with Crippen molar-refractivity contribution in [3.63, 3.8) is 0 Å². The van der Waals surface area contributed by atoms with Gasteiger partial charge in [-0.25, -0.2) is 0 Å². The highest BCUT2D eigenvalue weighted by atomic mass is 16.5. The van der Waals surface area contributed by atoms with Crippen molar-refractivity contribution in [2.45, 2.75) is 50.8 Å². The summed E-state index contributed by atoms with van der Waals surface area (Å²) in [5, 5.41) is 0. The Morgan fingerprint density at radius 1 is 1.33 bits per heavy atom. The fraction of sp³-hybridized carbons (Fsp3) is 1.00. The van der Waals surface area contributed by atoms with Crippen LogP contribution in [-0.2, 0) is 4.74 Å². The molecule has 0 radical (unpaired) electrons. The van der Waals surface area contributed by atoms with E-state index in [4.69, 9.17) is 4.74 Å². The highest BCUT2D eigenvalue weighted by Gasteiger charge is 2.33. The Hall–Kier alpha value is -0.0800. The van der Waals surface area contributed by atoms with Gasteiger partial charge in [0.05, 0.1) is 6.10 Å². The zero-order chi connectivity index (χ0) is 8.55. The van der Waals surface area contributed by atoms with Gasteiger partial charge in [0.25, 0.3) is 0 Å². The van der Waals surface area contributed by atoms with Gasteiger partial charge in [0, 0.05) is 18.7 Å². The van der Waals surface area contributed by atoms with E-state index in [0.717, 1.165) is 12.6 Å². The molecule has 2 atom stereocenters. The third-order valence-corrected chi connectivity index (χ3v) is 3.27. The molecule has 2 aliphatic rings. The predicted octanol–water partition coefficient (Wildman–Crippen LogP) is 1.65. The molecule has 1 heterocycles. The van der Waals surface area contributed by atoms with Gasteiger partial charge >= 0.3 is 0 Å². The Labute approximate surface area is 74.9 Å². The Kier molecular flexibility index (Phi) is 2.37. The summed E-state index contributed by atoms with van der Waals surface area (Å²) in [6.07, 6.45) is 5.82. The summed E-state index contributed by atoms with van der Waals surface area (Å²) in [6.45, 7) is 3.28. The molecule has 2 heteroatoms. The van der Waals surface area contributed by atoms with E-state index in [9.17, 15) is 0 Å². The normalized spacial score (nSPS) is 32.8. The largest absolute Gasteiger partial charge is 0.377 e. The first-order chi connectivity index (χ1) is 5.79. The third kappa shape index (κ3) is 1.64. The third-order valence-electron chi connectivity index (χ3n) is 3.27. The summed E-state index contributed by atoms with van der Waals surface area (Å²) < 4.78 is 5.67. The maximum Gasteiger partial charge on any atom is 0.0728 e. The van der Waals surface area contributed by atoms with Crippen LogP contribution < -0.4 is 0 Å². The molecule has 1 saturated heterocycles. The van der Waals surface area contributed by atoms with Gasteiger partial charge in [-0.2, -0.15) is 0 Å². The second kappa shape index (κ2) is 3.35. The maximum absolute atomic E-state index is 5.67. The number of likely N-dealkylation sites (N-methyl/N-ethyl adjacent to an activating group) is 1. The summed E-state index contributed by atoms with van der Waals surface area (Å²) in [5.74, 6) is 0. The topological polar surface area (TPSA) is 12.5 Å². The van der Waals surface area contributed by atoms with Crippen LogP contribution in [0.1, 0.15) is 32.6 Å². The molecule has 0 aromatic heterocycles. The summed E-state index contributed by atoms with van der Waals surface area (Å²) in [4.78, 5) is 2.50. The quantitative estimate of drug-likeness (QED) is 0.637. The molecule has 1 aliphatic carbocycles. The van der Waals surface area contributed by atoms with Crippen molar-refractivity contribution in [3.8, 4) is 0 Å². The fourth-order valence-corrected chi connectivity index (χ4v) is 2.06. The van der Waals surface area contributed by atoms with Crippen LogP contribution in [0.2, 0.25) is 0 Å². The highest BCUT2D eigenvalue weighted by molar-refractivity contribution is 4.88. The molecule has 12 heavy (non-hydrogen) atoms. The minimum atomic E-state index is 0.510. The van der Waals surface area contributed by atoms with Crippen LogP contribution >= 0.6 is 0 Å². The van der Waals surface area contributed by atoms with E-state index >= 15 is 0 Å². The molecule has 1 aliphatic heterocycles. The Balaban J connectivity index is 1.84. The van der Waals surface area contributed by atoms with Crippen LogP contribution in [-0.4, -0.2) is 36.7 Å². The number of ether oxygens (including phenoxy) is 1. The van der Waals surface area contributed by atoms with Crippen molar-refractivity contribution in [1.29, 1.82) is 0 Å². The summed E-state index contributed by atoms with van der Waals surface area (Å²) in [5.41, 5.74) is 0. The van der Waals surface area contributed by atoms with E-state index in [1.54, 1.807) is 0 Å². The van der Waals surface area contributed by atoms with Crippen LogP contribution in [0.5, 0.6) is 0 Å². The van der Waals surface area contributed by atoms with Gasteiger partial charge in [-0.15, -0.1) is 0 Å². The van der Waals surface area contributed by atoms with Crippen molar-refractivity contribution in [2.24, 2.45) is 0 Å². The lowest BCUT2D eigenvalue weighted by Crippen LogP contribution is -2.39. The van der Waals surface area contributed by atoms with E-state index in [-0.39, 0.29) is 0 Å². The number of nitrogens with zero attached hydrogens (tertiary/aromatic N) is 1. The molecule has 0 N–H and O–H groups in total. The zero-order valence-electron chi connectivity index (χ0n) is 8.12. The molecular weight excluding hydrogens is 150 g/mol. The predicted molar refractivity (Wildman–Crippen MR) is 49.2 cm³/mol. The van der Waals surface area contributed by atoms with E-state index in [1.165, 1.54) is 25.7 Å². The van der Waals surface area contributed by atoms with E-state index < -0.39 is 0 Å². The van der Waals surface area contributed by atoms with Crippen LogP contribution in [0.25, 0.3) is 0 Å². The first-order valence-corrected chi connectivity index (χ1v) is 5.12. The monoisotopic (exact) mass is 169 g/mol. The second-order valence-corrected chi connectivity index (χ2v) is 4.19.